The summed E-state index contributed by atoms with van der Waals surface area (Å²) in [6.07, 6.45) is 2.25. The Morgan fingerprint density at radius 1 is 1.33 bits per heavy atom. The third kappa shape index (κ3) is 6.60. The summed E-state index contributed by atoms with van der Waals surface area (Å²) in [4.78, 5) is 33.7. The predicted octanol–water partition coefficient (Wildman–Crippen LogP) is 1.02. The lowest BCUT2D eigenvalue weighted by Crippen LogP contribution is -2.33. The number of nitrogens with one attached hydrogen (secondary N) is 2. The van der Waals surface area contributed by atoms with Crippen LogP contribution in [-0.4, -0.2) is 36.0 Å². The summed E-state index contributed by atoms with van der Waals surface area (Å²) >= 11 is 0. The van der Waals surface area contributed by atoms with Gasteiger partial charge in [-0.05, 0) is 18.1 Å². The molecule has 0 fully saturated rings. The van der Waals surface area contributed by atoms with Gasteiger partial charge >= 0.3 is 5.97 Å². The third-order valence-corrected chi connectivity index (χ3v) is 3.01. The highest BCUT2D eigenvalue weighted by molar-refractivity contribution is 5.91. The number of carboxylic acid groups (broad SMARTS) is 1. The van der Waals surface area contributed by atoms with Crippen LogP contribution in [0, 0.1) is 5.92 Å². The van der Waals surface area contributed by atoms with Gasteiger partial charge in [0.2, 0.25) is 5.91 Å². The highest BCUT2D eigenvalue weighted by atomic mass is 16.4. The number of carbonyl (C=O) groups is 3. The van der Waals surface area contributed by atoms with E-state index in [0.717, 1.165) is 0 Å². The van der Waals surface area contributed by atoms with Crippen molar-refractivity contribution >= 4 is 17.8 Å². The molecule has 1 heterocycles. The van der Waals surface area contributed by atoms with E-state index in [1.165, 1.54) is 12.3 Å². The zero-order valence-electron chi connectivity index (χ0n) is 11.9. The number of rotatable bonds is 9. The van der Waals surface area contributed by atoms with Crippen molar-refractivity contribution in [1.29, 1.82) is 0 Å². The van der Waals surface area contributed by atoms with Crippen LogP contribution in [0.4, 0.5) is 0 Å². The Morgan fingerprint density at radius 2 is 2.10 bits per heavy atom. The molecule has 21 heavy (non-hydrogen) atoms. The van der Waals surface area contributed by atoms with E-state index < -0.39 is 5.97 Å². The van der Waals surface area contributed by atoms with E-state index in [4.69, 9.17) is 9.52 Å². The summed E-state index contributed by atoms with van der Waals surface area (Å²) in [6, 6.07) is 3.14. The second kappa shape index (κ2) is 8.78. The van der Waals surface area contributed by atoms with Gasteiger partial charge in [0.05, 0.1) is 6.26 Å². The fraction of sp³-hybridized carbons (Fsp3) is 0.500. The SMILES string of the molecule is CCC(CNC(=O)CCNC(=O)c1ccco1)CC(=O)O. The zero-order valence-corrected chi connectivity index (χ0v) is 11.9. The second-order valence-corrected chi connectivity index (χ2v) is 4.66. The third-order valence-electron chi connectivity index (χ3n) is 3.01. The number of furan rings is 1. The van der Waals surface area contributed by atoms with Crippen LogP contribution >= 0.6 is 0 Å². The monoisotopic (exact) mass is 296 g/mol. The molecule has 0 saturated heterocycles. The minimum atomic E-state index is -0.873. The molecule has 1 unspecified atom stereocenters. The minimum absolute atomic E-state index is 0.0337. The molecular formula is C14H20N2O5. The van der Waals surface area contributed by atoms with Gasteiger partial charge in [-0.15, -0.1) is 0 Å². The number of aliphatic carboxylic acids is 1. The van der Waals surface area contributed by atoms with Crippen molar-refractivity contribution in [3.8, 4) is 0 Å². The quantitative estimate of drug-likeness (QED) is 0.630. The summed E-state index contributed by atoms with van der Waals surface area (Å²) in [6.45, 7) is 2.40. The normalized spacial score (nSPS) is 11.7. The van der Waals surface area contributed by atoms with Crippen LogP contribution in [0.2, 0.25) is 0 Å². The van der Waals surface area contributed by atoms with Gasteiger partial charge in [-0.2, -0.15) is 0 Å². The number of carbonyl (C=O) groups excluding carboxylic acids is 2. The van der Waals surface area contributed by atoms with E-state index in [-0.39, 0.29) is 42.9 Å². The maximum atomic E-state index is 11.6. The Bertz CT molecular complexity index is 470. The van der Waals surface area contributed by atoms with Gasteiger partial charge in [0.1, 0.15) is 0 Å². The average molecular weight is 296 g/mol. The topological polar surface area (TPSA) is 109 Å². The first-order valence-corrected chi connectivity index (χ1v) is 6.83. The zero-order chi connectivity index (χ0) is 15.7. The van der Waals surface area contributed by atoms with Gasteiger partial charge in [0, 0.05) is 25.9 Å². The summed E-state index contributed by atoms with van der Waals surface area (Å²) in [5.74, 6) is -1.35. The molecule has 0 aliphatic rings. The molecule has 2 amide bonds. The van der Waals surface area contributed by atoms with E-state index in [1.807, 2.05) is 6.92 Å². The Labute approximate surface area is 122 Å². The van der Waals surface area contributed by atoms with Crippen molar-refractivity contribution in [3.05, 3.63) is 24.2 Å². The summed E-state index contributed by atoms with van der Waals surface area (Å²) in [5.41, 5.74) is 0. The van der Waals surface area contributed by atoms with Gasteiger partial charge in [-0.25, -0.2) is 0 Å². The van der Waals surface area contributed by atoms with Crippen LogP contribution in [0.15, 0.2) is 22.8 Å². The lowest BCUT2D eigenvalue weighted by atomic mass is 10.0. The molecule has 1 rings (SSSR count). The van der Waals surface area contributed by atoms with Crippen molar-refractivity contribution in [2.45, 2.75) is 26.2 Å². The minimum Gasteiger partial charge on any atom is -0.481 e. The highest BCUT2D eigenvalue weighted by Crippen LogP contribution is 2.06. The van der Waals surface area contributed by atoms with E-state index >= 15 is 0 Å². The summed E-state index contributed by atoms with van der Waals surface area (Å²) in [5, 5.41) is 13.9. The molecule has 0 bridgehead atoms. The standard InChI is InChI=1S/C14H20N2O5/c1-2-10(8-13(18)19)9-16-12(17)5-6-15-14(20)11-4-3-7-21-11/h3-4,7,10H,2,5-6,8-9H2,1H3,(H,15,20)(H,16,17)(H,18,19). The number of hydrogen-bond acceptors (Lipinski definition) is 4. The van der Waals surface area contributed by atoms with Crippen molar-refractivity contribution in [1.82, 2.24) is 10.6 Å². The second-order valence-electron chi connectivity index (χ2n) is 4.66. The molecule has 1 atom stereocenters. The molecule has 3 N–H and O–H groups in total. The van der Waals surface area contributed by atoms with E-state index in [2.05, 4.69) is 10.6 Å². The maximum absolute atomic E-state index is 11.6. The molecule has 0 aromatic carbocycles. The van der Waals surface area contributed by atoms with Gasteiger partial charge in [-0.3, -0.25) is 14.4 Å². The average Bonchev–Trinajstić information content (AvgIpc) is 2.97. The van der Waals surface area contributed by atoms with E-state index in [1.54, 1.807) is 6.07 Å². The van der Waals surface area contributed by atoms with Gasteiger partial charge < -0.3 is 20.2 Å². The maximum Gasteiger partial charge on any atom is 0.303 e. The van der Waals surface area contributed by atoms with Crippen molar-refractivity contribution in [2.24, 2.45) is 5.92 Å². The van der Waals surface area contributed by atoms with Crippen molar-refractivity contribution in [2.75, 3.05) is 13.1 Å². The summed E-state index contributed by atoms with van der Waals surface area (Å²) in [7, 11) is 0. The predicted molar refractivity (Wildman–Crippen MR) is 74.7 cm³/mol. The van der Waals surface area contributed by atoms with Crippen LogP contribution < -0.4 is 10.6 Å². The molecule has 0 saturated carbocycles. The lowest BCUT2D eigenvalue weighted by molar-refractivity contribution is -0.138. The van der Waals surface area contributed by atoms with Crippen LogP contribution in [0.1, 0.15) is 36.7 Å². The summed E-state index contributed by atoms with van der Waals surface area (Å²) < 4.78 is 4.92. The molecule has 0 radical (unpaired) electrons. The lowest BCUT2D eigenvalue weighted by Gasteiger charge is -2.13. The van der Waals surface area contributed by atoms with E-state index in [9.17, 15) is 14.4 Å². The first-order valence-electron chi connectivity index (χ1n) is 6.83. The first kappa shape index (κ1) is 16.7. The number of hydrogen-bond donors (Lipinski definition) is 3. The molecule has 7 heteroatoms. The van der Waals surface area contributed by atoms with Crippen molar-refractivity contribution < 1.29 is 23.9 Å². The van der Waals surface area contributed by atoms with Gasteiger partial charge in [-0.1, -0.05) is 13.3 Å². The first-order chi connectivity index (χ1) is 10.0. The van der Waals surface area contributed by atoms with Gasteiger partial charge in [0.15, 0.2) is 5.76 Å². The largest absolute Gasteiger partial charge is 0.481 e. The number of carboxylic acids is 1. The van der Waals surface area contributed by atoms with Crippen LogP contribution in [0.25, 0.3) is 0 Å². The number of amides is 2. The Kier molecular flexibility index (Phi) is 7.00. The van der Waals surface area contributed by atoms with Crippen LogP contribution in [0.3, 0.4) is 0 Å². The Morgan fingerprint density at radius 3 is 2.67 bits per heavy atom. The molecule has 0 aliphatic carbocycles. The van der Waals surface area contributed by atoms with E-state index in [0.29, 0.717) is 13.0 Å². The fourth-order valence-corrected chi connectivity index (χ4v) is 1.74. The Hall–Kier alpha value is -2.31. The smallest absolute Gasteiger partial charge is 0.303 e. The van der Waals surface area contributed by atoms with Gasteiger partial charge in [0.25, 0.3) is 5.91 Å². The molecule has 7 nitrogen and oxygen atoms in total. The van der Waals surface area contributed by atoms with Crippen LogP contribution in [-0.2, 0) is 9.59 Å². The molecule has 1 aromatic rings. The molecule has 1 aromatic heterocycles. The molecule has 0 spiro atoms. The van der Waals surface area contributed by atoms with Crippen molar-refractivity contribution in [3.63, 3.8) is 0 Å². The van der Waals surface area contributed by atoms with Crippen LogP contribution in [0.5, 0.6) is 0 Å². The molecule has 0 aliphatic heterocycles. The highest BCUT2D eigenvalue weighted by Gasteiger charge is 2.13. The fourth-order valence-electron chi connectivity index (χ4n) is 1.74. The molecule has 116 valence electrons. The molecular weight excluding hydrogens is 276 g/mol. The Balaban J connectivity index is 2.19.